The van der Waals surface area contributed by atoms with E-state index < -0.39 is 0 Å². The zero-order valence-electron chi connectivity index (χ0n) is 8.48. The second kappa shape index (κ2) is 3.16. The molecule has 0 heterocycles. The highest BCUT2D eigenvalue weighted by Crippen LogP contribution is 2.39. The second-order valence-corrected chi connectivity index (χ2v) is 5.33. The predicted molar refractivity (Wildman–Crippen MR) is 50.6 cm³/mol. The molecule has 1 aliphatic rings. The highest BCUT2D eigenvalue weighted by molar-refractivity contribution is 4.79. The van der Waals surface area contributed by atoms with E-state index in [9.17, 15) is 0 Å². The molecule has 1 saturated carbocycles. The zero-order valence-corrected chi connectivity index (χ0v) is 8.48. The average Bonchev–Trinajstić information content (AvgIpc) is 1.86. The molecule has 1 aliphatic carbocycles. The van der Waals surface area contributed by atoms with Crippen molar-refractivity contribution in [1.29, 1.82) is 0 Å². The maximum Gasteiger partial charge on any atom is -0.0354 e. The van der Waals surface area contributed by atoms with Gasteiger partial charge in [0.05, 0.1) is 0 Å². The van der Waals surface area contributed by atoms with Crippen molar-refractivity contribution in [1.82, 2.24) is 0 Å². The molecule has 0 radical (unpaired) electrons. The van der Waals surface area contributed by atoms with E-state index in [0.29, 0.717) is 5.41 Å². The molecule has 66 valence electrons. The Morgan fingerprint density at radius 3 is 2.09 bits per heavy atom. The molecule has 1 unspecified atom stereocenters. The van der Waals surface area contributed by atoms with Crippen LogP contribution in [0.15, 0.2) is 0 Å². The van der Waals surface area contributed by atoms with Gasteiger partial charge in [-0.1, -0.05) is 40.5 Å². The van der Waals surface area contributed by atoms with E-state index in [4.69, 9.17) is 0 Å². The first-order chi connectivity index (χ1) is 5.00. The minimum absolute atomic E-state index is 0.550. The molecule has 2 atom stereocenters. The lowest BCUT2D eigenvalue weighted by molar-refractivity contribution is 0.148. The van der Waals surface area contributed by atoms with Crippen LogP contribution in [0, 0.1) is 17.3 Å². The third-order valence-electron chi connectivity index (χ3n) is 3.16. The van der Waals surface area contributed by atoms with Crippen molar-refractivity contribution >= 4 is 0 Å². The van der Waals surface area contributed by atoms with E-state index in [1.807, 2.05) is 0 Å². The number of hydrogen-bond donors (Lipinski definition) is 0. The molecule has 0 aliphatic heterocycles. The van der Waals surface area contributed by atoms with E-state index in [0.717, 1.165) is 11.8 Å². The summed E-state index contributed by atoms with van der Waals surface area (Å²) in [5.41, 5.74) is 0.550. The summed E-state index contributed by atoms with van der Waals surface area (Å²) in [4.78, 5) is 0. The first-order valence-corrected chi connectivity index (χ1v) is 5.00. The Labute approximate surface area is 71.4 Å². The normalized spacial score (nSPS) is 33.8. The maximum absolute atomic E-state index is 2.40. The quantitative estimate of drug-likeness (QED) is 0.497. The van der Waals surface area contributed by atoms with Crippen LogP contribution in [-0.4, -0.2) is 0 Å². The minimum Gasteiger partial charge on any atom is -0.0625 e. The molecule has 0 saturated heterocycles. The van der Waals surface area contributed by atoms with Gasteiger partial charge in [0.15, 0.2) is 0 Å². The van der Waals surface area contributed by atoms with Gasteiger partial charge in [-0.25, -0.2) is 0 Å². The van der Waals surface area contributed by atoms with Gasteiger partial charge in [0.25, 0.3) is 0 Å². The summed E-state index contributed by atoms with van der Waals surface area (Å²) in [5.74, 6) is 1.96. The van der Waals surface area contributed by atoms with E-state index in [1.54, 1.807) is 0 Å². The Bertz CT molecular complexity index is 118. The lowest BCUT2D eigenvalue weighted by Gasteiger charge is -2.36. The summed E-state index contributed by atoms with van der Waals surface area (Å²) in [6, 6.07) is 0. The first kappa shape index (κ1) is 9.09. The monoisotopic (exact) mass is 154 g/mol. The van der Waals surface area contributed by atoms with Gasteiger partial charge in [-0.3, -0.25) is 0 Å². The highest BCUT2D eigenvalue weighted by Gasteiger charge is 2.28. The maximum atomic E-state index is 2.40. The average molecular weight is 154 g/mol. The molecule has 0 aromatic rings. The summed E-state index contributed by atoms with van der Waals surface area (Å²) < 4.78 is 0. The van der Waals surface area contributed by atoms with Crippen LogP contribution in [0.2, 0.25) is 0 Å². The summed E-state index contributed by atoms with van der Waals surface area (Å²) in [7, 11) is 0. The van der Waals surface area contributed by atoms with Gasteiger partial charge in [-0.05, 0) is 30.1 Å². The Balaban J connectivity index is 2.46. The van der Waals surface area contributed by atoms with Gasteiger partial charge in [0.2, 0.25) is 0 Å². The van der Waals surface area contributed by atoms with Crippen molar-refractivity contribution in [2.24, 2.45) is 17.3 Å². The minimum atomic E-state index is 0.550. The molecule has 0 spiro atoms. The molecule has 0 nitrogen and oxygen atoms in total. The Hall–Kier alpha value is 0. The van der Waals surface area contributed by atoms with Gasteiger partial charge < -0.3 is 0 Å². The first-order valence-electron chi connectivity index (χ1n) is 5.00. The van der Waals surface area contributed by atoms with Crippen LogP contribution in [0.4, 0.5) is 0 Å². The van der Waals surface area contributed by atoms with Crippen LogP contribution in [0.1, 0.15) is 53.4 Å². The second-order valence-electron chi connectivity index (χ2n) is 5.33. The molecular weight excluding hydrogens is 132 g/mol. The van der Waals surface area contributed by atoms with Crippen LogP contribution in [0.5, 0.6) is 0 Å². The molecule has 0 N–H and O–H groups in total. The Kier molecular flexibility index (Phi) is 2.61. The Morgan fingerprint density at radius 2 is 1.73 bits per heavy atom. The van der Waals surface area contributed by atoms with Crippen LogP contribution in [-0.2, 0) is 0 Å². The lowest BCUT2D eigenvalue weighted by Crippen LogP contribution is -2.25. The molecule has 0 aromatic carbocycles. The standard InChI is InChI=1S/C11H22/c1-9-6-5-7-10(8-9)11(2,3)4/h9-10H,5-8H2,1-4H3/t9?,10-/m1/s1. The van der Waals surface area contributed by atoms with Crippen molar-refractivity contribution in [3.05, 3.63) is 0 Å². The smallest absolute Gasteiger partial charge is 0.0354 e. The largest absolute Gasteiger partial charge is 0.0625 e. The van der Waals surface area contributed by atoms with Gasteiger partial charge >= 0.3 is 0 Å². The van der Waals surface area contributed by atoms with Crippen molar-refractivity contribution in [3.63, 3.8) is 0 Å². The number of rotatable bonds is 0. The van der Waals surface area contributed by atoms with Gasteiger partial charge in [-0.15, -0.1) is 0 Å². The van der Waals surface area contributed by atoms with E-state index >= 15 is 0 Å². The van der Waals surface area contributed by atoms with Crippen molar-refractivity contribution in [2.45, 2.75) is 53.4 Å². The fourth-order valence-corrected chi connectivity index (χ4v) is 2.22. The molecule has 0 heteroatoms. The number of hydrogen-bond acceptors (Lipinski definition) is 0. The molecule has 11 heavy (non-hydrogen) atoms. The van der Waals surface area contributed by atoms with Crippen molar-refractivity contribution < 1.29 is 0 Å². The van der Waals surface area contributed by atoms with E-state index in [2.05, 4.69) is 27.7 Å². The zero-order chi connectivity index (χ0) is 8.48. The summed E-state index contributed by atoms with van der Waals surface area (Å²) in [5, 5.41) is 0. The highest BCUT2D eigenvalue weighted by atomic mass is 14.3. The fourth-order valence-electron chi connectivity index (χ4n) is 2.22. The third kappa shape index (κ3) is 2.50. The Morgan fingerprint density at radius 1 is 1.09 bits per heavy atom. The summed E-state index contributed by atoms with van der Waals surface area (Å²) in [6.45, 7) is 9.55. The lowest BCUT2D eigenvalue weighted by atomic mass is 9.69. The molecule has 0 aromatic heterocycles. The fraction of sp³-hybridized carbons (Fsp3) is 1.00. The van der Waals surface area contributed by atoms with Crippen LogP contribution in [0.3, 0.4) is 0 Å². The third-order valence-corrected chi connectivity index (χ3v) is 3.16. The van der Waals surface area contributed by atoms with Crippen LogP contribution < -0.4 is 0 Å². The predicted octanol–water partition coefficient (Wildman–Crippen LogP) is 3.86. The van der Waals surface area contributed by atoms with Crippen LogP contribution in [0.25, 0.3) is 0 Å². The van der Waals surface area contributed by atoms with Crippen molar-refractivity contribution in [3.8, 4) is 0 Å². The van der Waals surface area contributed by atoms with Crippen molar-refractivity contribution in [2.75, 3.05) is 0 Å². The van der Waals surface area contributed by atoms with Gasteiger partial charge in [0.1, 0.15) is 0 Å². The molecule has 0 bridgehead atoms. The van der Waals surface area contributed by atoms with E-state index in [1.165, 1.54) is 25.7 Å². The van der Waals surface area contributed by atoms with Gasteiger partial charge in [-0.2, -0.15) is 0 Å². The molecule has 0 amide bonds. The SMILES string of the molecule is CC1CCC[C@@H](C(C)(C)C)C1. The molecule has 1 fully saturated rings. The van der Waals surface area contributed by atoms with E-state index in [-0.39, 0.29) is 0 Å². The molecular formula is C11H22. The summed E-state index contributed by atoms with van der Waals surface area (Å²) in [6.07, 6.45) is 5.85. The topological polar surface area (TPSA) is 0 Å². The van der Waals surface area contributed by atoms with Crippen LogP contribution >= 0.6 is 0 Å². The molecule has 1 rings (SSSR count). The van der Waals surface area contributed by atoms with Gasteiger partial charge in [0, 0.05) is 0 Å². The summed E-state index contributed by atoms with van der Waals surface area (Å²) >= 11 is 0.